The summed E-state index contributed by atoms with van der Waals surface area (Å²) < 4.78 is 1.33. The van der Waals surface area contributed by atoms with E-state index in [1.54, 1.807) is 0 Å². The molecule has 2 aliphatic rings. The predicted octanol–water partition coefficient (Wildman–Crippen LogP) is 11.3. The summed E-state index contributed by atoms with van der Waals surface area (Å²) in [6.07, 6.45) is 6.47. The Kier molecular flexibility index (Phi) is 6.78. The largest absolute Gasteiger partial charge is 0.252 e. The number of allylic oxidation sites excluding steroid dienone is 4. The summed E-state index contributed by atoms with van der Waals surface area (Å²) in [6, 6.07) is 48.1. The van der Waals surface area contributed by atoms with Crippen LogP contribution in [0.15, 0.2) is 156 Å². The predicted molar refractivity (Wildman–Crippen MR) is 189 cm³/mol. The molecule has 0 atom stereocenters. The van der Waals surface area contributed by atoms with Crippen LogP contribution in [0.25, 0.3) is 37.4 Å². The van der Waals surface area contributed by atoms with Crippen LogP contribution in [0.3, 0.4) is 0 Å². The number of benzene rings is 5. The molecule has 2 heterocycles. The molecule has 0 amide bonds. The van der Waals surface area contributed by atoms with E-state index in [1.807, 2.05) is 11.3 Å². The van der Waals surface area contributed by atoms with Gasteiger partial charge in [0, 0.05) is 32.5 Å². The smallest absolute Gasteiger partial charge is 0.0740 e. The minimum atomic E-state index is 0.762. The van der Waals surface area contributed by atoms with Crippen LogP contribution < -0.4 is 0 Å². The van der Waals surface area contributed by atoms with E-state index in [0.29, 0.717) is 0 Å². The normalized spacial score (nSPS) is 14.6. The number of nitrogens with zero attached hydrogens (tertiary/aromatic N) is 1. The third-order valence-corrected chi connectivity index (χ3v) is 10.0. The SMILES string of the molecule is CC1=C(c2ccccc2)N=C(c2cccc(C3=CCc4ccccc4-c4sc5ccccc5c43)c2)CC=C1c1ccccc1. The Hall–Kier alpha value is -5.05. The highest BCUT2D eigenvalue weighted by molar-refractivity contribution is 7.22. The van der Waals surface area contributed by atoms with Crippen molar-refractivity contribution in [1.82, 2.24) is 0 Å². The van der Waals surface area contributed by atoms with Gasteiger partial charge in [-0.25, -0.2) is 0 Å². The first-order valence-electron chi connectivity index (χ1n) is 15.3. The van der Waals surface area contributed by atoms with Crippen molar-refractivity contribution >= 4 is 44.0 Å². The molecule has 0 unspecified atom stereocenters. The Balaban J connectivity index is 1.28. The number of hydrogen-bond acceptors (Lipinski definition) is 2. The molecule has 1 nitrogen and oxygen atoms in total. The summed E-state index contributed by atoms with van der Waals surface area (Å²) in [5.74, 6) is 0. The van der Waals surface area contributed by atoms with E-state index in [-0.39, 0.29) is 0 Å². The fourth-order valence-corrected chi connectivity index (χ4v) is 7.90. The van der Waals surface area contributed by atoms with Gasteiger partial charge in [0.15, 0.2) is 0 Å². The fraction of sp³-hybridized carbons (Fsp3) is 0.0714. The summed E-state index contributed by atoms with van der Waals surface area (Å²) >= 11 is 1.91. The first kappa shape index (κ1) is 26.6. The van der Waals surface area contributed by atoms with Gasteiger partial charge in [-0.1, -0.05) is 133 Å². The highest BCUT2D eigenvalue weighted by Gasteiger charge is 2.23. The number of fused-ring (bicyclic) bond motifs is 5. The zero-order valence-electron chi connectivity index (χ0n) is 24.6. The first-order valence-corrected chi connectivity index (χ1v) is 16.1. The van der Waals surface area contributed by atoms with Crippen LogP contribution in [0.2, 0.25) is 0 Å². The standard InChI is InChI=1S/C42H31NS/c1-28-34(29-13-4-2-5-14-29)25-26-38(43-41(28)31-16-6-3-7-17-31)33-19-12-18-32(27-33)35-24-23-30-15-8-9-20-36(30)42-40(35)37-21-10-11-22-39(37)44-42/h2-22,24-25,27H,23,26H2,1H3. The zero-order valence-corrected chi connectivity index (χ0v) is 25.4. The molecule has 210 valence electrons. The molecule has 0 radical (unpaired) electrons. The molecule has 6 aromatic rings. The quantitative estimate of drug-likeness (QED) is 0.196. The van der Waals surface area contributed by atoms with Crippen molar-refractivity contribution in [3.63, 3.8) is 0 Å². The van der Waals surface area contributed by atoms with Gasteiger partial charge in [-0.15, -0.1) is 11.3 Å². The molecule has 0 fully saturated rings. The Morgan fingerprint density at radius 2 is 1.23 bits per heavy atom. The number of aliphatic imine (C=N–C) groups is 1. The molecule has 0 spiro atoms. The van der Waals surface area contributed by atoms with Crippen LogP contribution in [-0.2, 0) is 6.42 Å². The van der Waals surface area contributed by atoms with E-state index in [1.165, 1.54) is 59.5 Å². The van der Waals surface area contributed by atoms with Crippen molar-refractivity contribution in [3.05, 3.63) is 185 Å². The van der Waals surface area contributed by atoms with Crippen molar-refractivity contribution in [2.45, 2.75) is 19.8 Å². The average molecular weight is 582 g/mol. The van der Waals surface area contributed by atoms with Crippen molar-refractivity contribution < 1.29 is 0 Å². The molecular weight excluding hydrogens is 551 g/mol. The molecule has 8 rings (SSSR count). The lowest BCUT2D eigenvalue weighted by Gasteiger charge is -2.13. The van der Waals surface area contributed by atoms with E-state index in [2.05, 4.69) is 153 Å². The van der Waals surface area contributed by atoms with Gasteiger partial charge in [0.25, 0.3) is 0 Å². The lowest BCUT2D eigenvalue weighted by molar-refractivity contribution is 1.29. The van der Waals surface area contributed by atoms with Gasteiger partial charge in [0.05, 0.1) is 11.4 Å². The summed E-state index contributed by atoms with van der Waals surface area (Å²) in [4.78, 5) is 6.79. The van der Waals surface area contributed by atoms with Crippen LogP contribution in [0, 0.1) is 0 Å². The molecule has 5 aromatic carbocycles. The van der Waals surface area contributed by atoms with Gasteiger partial charge in [-0.2, -0.15) is 0 Å². The summed E-state index contributed by atoms with van der Waals surface area (Å²) in [5, 5.41) is 1.33. The molecule has 0 saturated heterocycles. The second kappa shape index (κ2) is 11.2. The van der Waals surface area contributed by atoms with E-state index in [0.717, 1.165) is 35.4 Å². The van der Waals surface area contributed by atoms with Crippen LogP contribution >= 0.6 is 11.3 Å². The van der Waals surface area contributed by atoms with Crippen LogP contribution in [0.5, 0.6) is 0 Å². The molecule has 0 N–H and O–H groups in total. The maximum Gasteiger partial charge on any atom is 0.0740 e. The molecule has 1 aliphatic heterocycles. The van der Waals surface area contributed by atoms with Crippen molar-refractivity contribution in [2.75, 3.05) is 0 Å². The van der Waals surface area contributed by atoms with Crippen molar-refractivity contribution in [1.29, 1.82) is 0 Å². The van der Waals surface area contributed by atoms with Crippen molar-refractivity contribution in [3.8, 4) is 10.4 Å². The van der Waals surface area contributed by atoms with Crippen LogP contribution in [0.4, 0.5) is 0 Å². The number of rotatable bonds is 4. The number of hydrogen-bond donors (Lipinski definition) is 0. The Morgan fingerprint density at radius 1 is 0.568 bits per heavy atom. The van der Waals surface area contributed by atoms with Gasteiger partial charge in [0.2, 0.25) is 0 Å². The second-order valence-corrected chi connectivity index (χ2v) is 12.5. The molecule has 0 saturated carbocycles. The summed E-state index contributed by atoms with van der Waals surface area (Å²) in [7, 11) is 0. The van der Waals surface area contributed by atoms with E-state index in [9.17, 15) is 0 Å². The third-order valence-electron chi connectivity index (χ3n) is 8.80. The molecule has 1 aliphatic carbocycles. The van der Waals surface area contributed by atoms with E-state index >= 15 is 0 Å². The third kappa shape index (κ3) is 4.69. The number of thiophene rings is 1. The molecule has 2 heteroatoms. The van der Waals surface area contributed by atoms with E-state index in [4.69, 9.17) is 4.99 Å². The van der Waals surface area contributed by atoms with Gasteiger partial charge < -0.3 is 0 Å². The van der Waals surface area contributed by atoms with E-state index < -0.39 is 0 Å². The fourth-order valence-electron chi connectivity index (χ4n) is 6.62. The Labute approximate surface area is 262 Å². The lowest BCUT2D eigenvalue weighted by Crippen LogP contribution is -2.01. The monoisotopic (exact) mass is 581 g/mol. The van der Waals surface area contributed by atoms with Crippen molar-refractivity contribution in [2.24, 2.45) is 4.99 Å². The lowest BCUT2D eigenvalue weighted by atomic mass is 9.92. The minimum absolute atomic E-state index is 0.762. The van der Waals surface area contributed by atoms with Crippen LogP contribution in [0.1, 0.15) is 46.7 Å². The highest BCUT2D eigenvalue weighted by atomic mass is 32.1. The first-order chi connectivity index (χ1) is 21.7. The summed E-state index contributed by atoms with van der Waals surface area (Å²) in [6.45, 7) is 2.21. The topological polar surface area (TPSA) is 12.4 Å². The van der Waals surface area contributed by atoms with Gasteiger partial charge in [0.1, 0.15) is 0 Å². The second-order valence-electron chi connectivity index (χ2n) is 11.4. The maximum atomic E-state index is 5.42. The molecule has 1 aromatic heterocycles. The zero-order chi connectivity index (χ0) is 29.5. The minimum Gasteiger partial charge on any atom is -0.252 e. The molecule has 0 bridgehead atoms. The summed E-state index contributed by atoms with van der Waals surface area (Å²) in [5.41, 5.74) is 14.7. The van der Waals surface area contributed by atoms with Gasteiger partial charge >= 0.3 is 0 Å². The Bertz CT molecular complexity index is 2160. The van der Waals surface area contributed by atoms with Crippen LogP contribution in [-0.4, -0.2) is 5.71 Å². The van der Waals surface area contributed by atoms with Gasteiger partial charge in [-0.05, 0) is 70.0 Å². The Morgan fingerprint density at radius 3 is 2.07 bits per heavy atom. The average Bonchev–Trinajstić information content (AvgIpc) is 3.26. The molecule has 44 heavy (non-hydrogen) atoms. The maximum absolute atomic E-state index is 5.42. The van der Waals surface area contributed by atoms with Gasteiger partial charge in [-0.3, -0.25) is 4.99 Å². The molecular formula is C42H31NS. The highest BCUT2D eigenvalue weighted by Crippen LogP contribution is 2.47.